The van der Waals surface area contributed by atoms with Gasteiger partial charge in [0.2, 0.25) is 0 Å². The maximum Gasteiger partial charge on any atom is 1.00 e. The van der Waals surface area contributed by atoms with Crippen molar-refractivity contribution >= 4 is 10.1 Å². The molecule has 0 radical (unpaired) electrons. The van der Waals surface area contributed by atoms with Gasteiger partial charge in [0.05, 0.1) is 0 Å². The van der Waals surface area contributed by atoms with Crippen LogP contribution in [0.2, 0.25) is 0 Å². The van der Waals surface area contributed by atoms with Gasteiger partial charge < -0.3 is 9.66 Å². The largest absolute Gasteiger partial charge is 1.00 e. The SMILES string of the molecule is CCCCCCCCCCCCCCCCC(O)(CC)S(=O)(=O)[O-].[K+]. The molecule has 1 N–H and O–H groups in total. The van der Waals surface area contributed by atoms with E-state index in [0.29, 0.717) is 6.42 Å². The molecule has 1 unspecified atom stereocenters. The second kappa shape index (κ2) is 17.6. The van der Waals surface area contributed by atoms with Crippen molar-refractivity contribution in [2.75, 3.05) is 0 Å². The molecule has 4 nitrogen and oxygen atoms in total. The Bertz CT molecular complexity index is 387. The Labute approximate surface area is 199 Å². The van der Waals surface area contributed by atoms with E-state index in [1.54, 1.807) is 6.92 Å². The molecule has 0 aliphatic rings. The molecule has 146 valence electrons. The summed E-state index contributed by atoms with van der Waals surface area (Å²) in [5.74, 6) is 0. The van der Waals surface area contributed by atoms with Gasteiger partial charge in [0.15, 0.2) is 4.93 Å². The van der Waals surface area contributed by atoms with Gasteiger partial charge in [0, 0.05) is 0 Å². The summed E-state index contributed by atoms with van der Waals surface area (Å²) >= 11 is 0. The van der Waals surface area contributed by atoms with Gasteiger partial charge >= 0.3 is 51.4 Å². The average Bonchev–Trinajstić information content (AvgIpc) is 2.53. The van der Waals surface area contributed by atoms with E-state index < -0.39 is 15.1 Å². The fourth-order valence-corrected chi connectivity index (χ4v) is 3.82. The quantitative estimate of drug-likeness (QED) is 0.230. The van der Waals surface area contributed by atoms with Gasteiger partial charge in [-0.05, 0) is 19.3 Å². The fraction of sp³-hybridized carbons (Fsp3) is 1.00. The molecule has 0 aliphatic carbocycles. The van der Waals surface area contributed by atoms with Gasteiger partial charge in [-0.1, -0.05) is 97.3 Å². The predicted molar refractivity (Wildman–Crippen MR) is 99.9 cm³/mol. The molecular formula is C19H39KO4S. The van der Waals surface area contributed by atoms with Gasteiger partial charge in [-0.25, -0.2) is 8.42 Å². The topological polar surface area (TPSA) is 77.4 Å². The van der Waals surface area contributed by atoms with Crippen LogP contribution in [-0.4, -0.2) is 23.0 Å². The molecule has 0 aromatic carbocycles. The molecule has 0 bridgehead atoms. The first-order valence-electron chi connectivity index (χ1n) is 10.0. The van der Waals surface area contributed by atoms with E-state index >= 15 is 0 Å². The van der Waals surface area contributed by atoms with Crippen molar-refractivity contribution in [3.05, 3.63) is 0 Å². The first-order valence-corrected chi connectivity index (χ1v) is 11.5. The predicted octanol–water partition coefficient (Wildman–Crippen LogP) is 2.51. The maximum atomic E-state index is 11.0. The Morgan fingerprint density at radius 2 is 1.04 bits per heavy atom. The molecule has 0 spiro atoms. The van der Waals surface area contributed by atoms with Crippen LogP contribution < -0.4 is 51.4 Å². The number of aliphatic hydroxyl groups is 1. The Morgan fingerprint density at radius 1 is 0.720 bits per heavy atom. The Balaban J connectivity index is 0. The smallest absolute Gasteiger partial charge is 0.746 e. The van der Waals surface area contributed by atoms with Crippen LogP contribution in [0.25, 0.3) is 0 Å². The van der Waals surface area contributed by atoms with Crippen LogP contribution in [0.5, 0.6) is 0 Å². The van der Waals surface area contributed by atoms with E-state index in [-0.39, 0.29) is 64.2 Å². The molecule has 0 amide bonds. The van der Waals surface area contributed by atoms with Crippen molar-refractivity contribution in [1.29, 1.82) is 0 Å². The summed E-state index contributed by atoms with van der Waals surface area (Å²) in [6.07, 6.45) is 17.1. The van der Waals surface area contributed by atoms with Gasteiger partial charge in [0.25, 0.3) is 0 Å². The van der Waals surface area contributed by atoms with E-state index in [9.17, 15) is 18.1 Å². The van der Waals surface area contributed by atoms with E-state index in [1.807, 2.05) is 0 Å². The molecule has 25 heavy (non-hydrogen) atoms. The van der Waals surface area contributed by atoms with Crippen LogP contribution in [0.3, 0.4) is 0 Å². The van der Waals surface area contributed by atoms with Crippen molar-refractivity contribution in [2.45, 2.75) is 122 Å². The number of unbranched alkanes of at least 4 members (excludes halogenated alkanes) is 13. The van der Waals surface area contributed by atoms with Crippen LogP contribution in [0, 0.1) is 0 Å². The molecule has 0 fully saturated rings. The monoisotopic (exact) mass is 402 g/mol. The molecule has 0 aliphatic heterocycles. The summed E-state index contributed by atoms with van der Waals surface area (Å²) < 4.78 is 33.1. The van der Waals surface area contributed by atoms with Crippen molar-refractivity contribution in [3.8, 4) is 0 Å². The van der Waals surface area contributed by atoms with Crippen molar-refractivity contribution in [3.63, 3.8) is 0 Å². The number of hydrogen-bond acceptors (Lipinski definition) is 4. The third kappa shape index (κ3) is 15.1. The van der Waals surface area contributed by atoms with E-state index in [2.05, 4.69) is 6.92 Å². The summed E-state index contributed by atoms with van der Waals surface area (Å²) in [5, 5.41) is 9.85. The van der Waals surface area contributed by atoms with Crippen LogP contribution in [0.15, 0.2) is 0 Å². The summed E-state index contributed by atoms with van der Waals surface area (Å²) in [6, 6.07) is 0. The van der Waals surface area contributed by atoms with Gasteiger partial charge in [-0.2, -0.15) is 0 Å². The van der Waals surface area contributed by atoms with Gasteiger partial charge in [-0.15, -0.1) is 0 Å². The second-order valence-corrected chi connectivity index (χ2v) is 8.77. The molecule has 6 heteroatoms. The maximum absolute atomic E-state index is 11.0. The van der Waals surface area contributed by atoms with E-state index in [0.717, 1.165) is 19.3 Å². The first kappa shape index (κ1) is 28.7. The Morgan fingerprint density at radius 3 is 1.32 bits per heavy atom. The summed E-state index contributed by atoms with van der Waals surface area (Å²) in [5.41, 5.74) is 0. The normalized spacial score (nSPS) is 14.1. The zero-order valence-electron chi connectivity index (χ0n) is 16.9. The molecule has 0 aromatic heterocycles. The van der Waals surface area contributed by atoms with Crippen molar-refractivity contribution < 1.29 is 69.5 Å². The molecule has 0 saturated carbocycles. The van der Waals surface area contributed by atoms with Crippen LogP contribution in [0.4, 0.5) is 0 Å². The zero-order valence-corrected chi connectivity index (χ0v) is 20.8. The zero-order chi connectivity index (χ0) is 18.3. The first-order chi connectivity index (χ1) is 11.4. The van der Waals surface area contributed by atoms with Crippen molar-refractivity contribution in [1.82, 2.24) is 0 Å². The summed E-state index contributed by atoms with van der Waals surface area (Å²) in [6.45, 7) is 3.79. The third-order valence-electron chi connectivity index (χ3n) is 4.94. The molecular weight excluding hydrogens is 363 g/mol. The Kier molecular flexibility index (Phi) is 20.2. The number of rotatable bonds is 17. The second-order valence-electron chi connectivity index (χ2n) is 7.10. The minimum Gasteiger partial charge on any atom is -0.746 e. The van der Waals surface area contributed by atoms with E-state index in [4.69, 9.17) is 0 Å². The van der Waals surface area contributed by atoms with E-state index in [1.165, 1.54) is 64.2 Å². The van der Waals surface area contributed by atoms with Crippen LogP contribution in [0.1, 0.15) is 117 Å². The standard InChI is InChI=1S/C19H40O4S.K/c1-3-5-6-7-8-9-10-11-12-13-14-15-16-17-18-19(20,4-2)24(21,22)23;/h20H,3-18H2,1-2H3,(H,21,22,23);/q;+1/p-1. The third-order valence-corrected chi connectivity index (χ3v) is 6.36. The summed E-state index contributed by atoms with van der Waals surface area (Å²) in [7, 11) is -4.63. The molecule has 0 aromatic rings. The summed E-state index contributed by atoms with van der Waals surface area (Å²) in [4.78, 5) is -2.07. The number of hydrogen-bond donors (Lipinski definition) is 1. The van der Waals surface area contributed by atoms with Crippen molar-refractivity contribution in [2.24, 2.45) is 0 Å². The fourth-order valence-electron chi connectivity index (χ4n) is 3.07. The minimum absolute atomic E-state index is 0. The molecule has 0 saturated heterocycles. The minimum atomic E-state index is -4.63. The Hall–Kier alpha value is 1.51. The van der Waals surface area contributed by atoms with Crippen LogP contribution in [-0.2, 0) is 10.1 Å². The molecule has 0 heterocycles. The van der Waals surface area contributed by atoms with Crippen LogP contribution >= 0.6 is 0 Å². The molecule has 1 atom stereocenters. The van der Waals surface area contributed by atoms with Gasteiger partial charge in [-0.3, -0.25) is 0 Å². The van der Waals surface area contributed by atoms with Gasteiger partial charge in [0.1, 0.15) is 10.1 Å². The molecule has 0 rings (SSSR count). The average molecular weight is 403 g/mol.